The van der Waals surface area contributed by atoms with Crippen molar-refractivity contribution in [2.45, 2.75) is 25.4 Å². The first-order valence-corrected chi connectivity index (χ1v) is 8.82. The summed E-state index contributed by atoms with van der Waals surface area (Å²) in [4.78, 5) is 22.7. The van der Waals surface area contributed by atoms with Crippen molar-refractivity contribution in [1.82, 2.24) is 5.32 Å². The Morgan fingerprint density at radius 2 is 1.59 bits per heavy atom. The summed E-state index contributed by atoms with van der Waals surface area (Å²) in [6, 6.07) is 16.3. The smallest absolute Gasteiger partial charge is 0.407 e. The minimum absolute atomic E-state index is 0.000536. The van der Waals surface area contributed by atoms with Crippen LogP contribution in [0.1, 0.15) is 30.9 Å². The summed E-state index contributed by atoms with van der Waals surface area (Å²) < 4.78 is 10.7. The molecule has 0 unspecified atom stereocenters. The average molecular weight is 369 g/mol. The molecule has 27 heavy (non-hydrogen) atoms. The maximum Gasteiger partial charge on any atom is 0.407 e. The van der Waals surface area contributed by atoms with Crippen LogP contribution in [0.3, 0.4) is 0 Å². The van der Waals surface area contributed by atoms with Crippen LogP contribution in [0.5, 0.6) is 0 Å². The van der Waals surface area contributed by atoms with E-state index in [4.69, 9.17) is 14.6 Å². The van der Waals surface area contributed by atoms with E-state index in [0.29, 0.717) is 0 Å². The van der Waals surface area contributed by atoms with Gasteiger partial charge in [0.1, 0.15) is 13.2 Å². The van der Waals surface area contributed by atoms with E-state index in [1.165, 1.54) is 11.1 Å². The van der Waals surface area contributed by atoms with Crippen LogP contribution in [0, 0.1) is 0 Å². The Morgan fingerprint density at radius 1 is 1.04 bits per heavy atom. The first kappa shape index (κ1) is 18.9. The Labute approximate surface area is 158 Å². The second-order valence-electron chi connectivity index (χ2n) is 7.12. The lowest BCUT2D eigenvalue weighted by molar-refractivity contribution is -0.147. The highest BCUT2D eigenvalue weighted by Crippen LogP contribution is 2.44. The predicted octanol–water partition coefficient (Wildman–Crippen LogP) is 3.40. The van der Waals surface area contributed by atoms with Crippen LogP contribution in [0.25, 0.3) is 11.1 Å². The first-order valence-electron chi connectivity index (χ1n) is 8.82. The summed E-state index contributed by atoms with van der Waals surface area (Å²) in [6.07, 6.45) is -0.552. The van der Waals surface area contributed by atoms with Crippen molar-refractivity contribution >= 4 is 12.1 Å². The summed E-state index contributed by atoms with van der Waals surface area (Å²) in [5.74, 6) is -1.05. The van der Waals surface area contributed by atoms with Crippen molar-refractivity contribution < 1.29 is 24.2 Å². The lowest BCUT2D eigenvalue weighted by Crippen LogP contribution is -2.41. The third-order valence-corrected chi connectivity index (χ3v) is 4.59. The molecule has 2 aromatic rings. The molecule has 3 rings (SSSR count). The Kier molecular flexibility index (Phi) is 5.46. The maximum atomic E-state index is 12.1. The summed E-state index contributed by atoms with van der Waals surface area (Å²) in [5.41, 5.74) is 3.84. The quantitative estimate of drug-likeness (QED) is 0.781. The van der Waals surface area contributed by atoms with E-state index in [1.54, 1.807) is 13.8 Å². The fourth-order valence-corrected chi connectivity index (χ4v) is 3.24. The van der Waals surface area contributed by atoms with Crippen molar-refractivity contribution in [3.63, 3.8) is 0 Å². The molecule has 0 fully saturated rings. The topological polar surface area (TPSA) is 84.9 Å². The van der Waals surface area contributed by atoms with Crippen molar-refractivity contribution in [3.8, 4) is 11.1 Å². The van der Waals surface area contributed by atoms with Gasteiger partial charge in [-0.15, -0.1) is 0 Å². The Bertz CT molecular complexity index is 800. The van der Waals surface area contributed by atoms with Crippen LogP contribution in [0.15, 0.2) is 48.5 Å². The van der Waals surface area contributed by atoms with Gasteiger partial charge in [-0.3, -0.25) is 0 Å². The molecule has 0 saturated carbocycles. The number of carbonyl (C=O) groups excluding carboxylic acids is 1. The minimum atomic E-state index is -1.05. The molecule has 6 nitrogen and oxygen atoms in total. The van der Waals surface area contributed by atoms with Gasteiger partial charge in [0.05, 0.1) is 5.60 Å². The Morgan fingerprint density at radius 3 is 2.15 bits per heavy atom. The van der Waals surface area contributed by atoms with Crippen LogP contribution in [0.4, 0.5) is 4.79 Å². The monoisotopic (exact) mass is 369 g/mol. The standard InChI is InChI=1S/C21H23NO5/c1-21(2,27-12-19(23)24)13-22-20(25)26-11-18-16-9-5-3-7-14(16)15-8-4-6-10-17(15)18/h3-10,18H,11-13H2,1-2H3,(H,22,25)(H,23,24). The van der Waals surface area contributed by atoms with E-state index in [0.717, 1.165) is 11.1 Å². The van der Waals surface area contributed by atoms with Crippen molar-refractivity contribution in [2.75, 3.05) is 19.8 Å². The van der Waals surface area contributed by atoms with E-state index >= 15 is 0 Å². The third-order valence-electron chi connectivity index (χ3n) is 4.59. The number of hydrogen-bond acceptors (Lipinski definition) is 4. The molecule has 1 aliphatic carbocycles. The maximum absolute atomic E-state index is 12.1. The van der Waals surface area contributed by atoms with Crippen molar-refractivity contribution in [3.05, 3.63) is 59.7 Å². The molecular formula is C21H23NO5. The molecule has 1 amide bonds. The van der Waals surface area contributed by atoms with Gasteiger partial charge in [0, 0.05) is 12.5 Å². The summed E-state index contributed by atoms with van der Waals surface area (Å²) in [6.45, 7) is 3.38. The molecule has 0 heterocycles. The van der Waals surface area contributed by atoms with Gasteiger partial charge in [0.25, 0.3) is 0 Å². The number of carboxylic acid groups (broad SMARTS) is 1. The molecule has 2 N–H and O–H groups in total. The second-order valence-corrected chi connectivity index (χ2v) is 7.12. The van der Waals surface area contributed by atoms with Crippen molar-refractivity contribution in [1.29, 1.82) is 0 Å². The van der Waals surface area contributed by atoms with E-state index in [1.807, 2.05) is 24.3 Å². The Hall–Kier alpha value is -2.86. The molecule has 0 spiro atoms. The van der Waals surface area contributed by atoms with E-state index < -0.39 is 24.3 Å². The molecule has 6 heteroatoms. The number of amides is 1. The van der Waals surface area contributed by atoms with Gasteiger partial charge < -0.3 is 19.9 Å². The zero-order valence-corrected chi connectivity index (χ0v) is 15.4. The zero-order valence-electron chi connectivity index (χ0n) is 15.4. The highest BCUT2D eigenvalue weighted by atomic mass is 16.6. The van der Waals surface area contributed by atoms with Crippen molar-refractivity contribution in [2.24, 2.45) is 0 Å². The first-order chi connectivity index (χ1) is 12.9. The number of carboxylic acids is 1. The van der Waals surface area contributed by atoms with Crippen LogP contribution in [-0.4, -0.2) is 42.5 Å². The largest absolute Gasteiger partial charge is 0.480 e. The fourth-order valence-electron chi connectivity index (χ4n) is 3.24. The van der Waals surface area contributed by atoms with Gasteiger partial charge in [-0.2, -0.15) is 0 Å². The van der Waals surface area contributed by atoms with Gasteiger partial charge in [-0.05, 0) is 36.1 Å². The summed E-state index contributed by atoms with van der Waals surface area (Å²) in [5, 5.41) is 11.3. The number of carbonyl (C=O) groups is 2. The van der Waals surface area contributed by atoms with Gasteiger partial charge in [-0.25, -0.2) is 9.59 Å². The normalized spacial score (nSPS) is 13.0. The lowest BCUT2D eigenvalue weighted by atomic mass is 9.98. The molecule has 0 atom stereocenters. The predicted molar refractivity (Wildman–Crippen MR) is 101 cm³/mol. The van der Waals surface area contributed by atoms with Gasteiger partial charge in [-0.1, -0.05) is 48.5 Å². The number of benzene rings is 2. The van der Waals surface area contributed by atoms with E-state index in [-0.39, 0.29) is 19.1 Å². The number of alkyl carbamates (subject to hydrolysis) is 1. The lowest BCUT2D eigenvalue weighted by Gasteiger charge is -2.24. The summed E-state index contributed by atoms with van der Waals surface area (Å²) >= 11 is 0. The fraction of sp³-hybridized carbons (Fsp3) is 0.333. The Balaban J connectivity index is 1.59. The van der Waals surface area contributed by atoms with Gasteiger partial charge >= 0.3 is 12.1 Å². The number of ether oxygens (including phenoxy) is 2. The van der Waals surface area contributed by atoms with Crippen LogP contribution in [-0.2, 0) is 14.3 Å². The number of aliphatic carboxylic acids is 1. The molecule has 142 valence electrons. The number of hydrogen-bond donors (Lipinski definition) is 2. The number of fused-ring (bicyclic) bond motifs is 3. The van der Waals surface area contributed by atoms with Gasteiger partial charge in [0.2, 0.25) is 0 Å². The van der Waals surface area contributed by atoms with Crippen LogP contribution >= 0.6 is 0 Å². The number of nitrogens with one attached hydrogen (secondary N) is 1. The molecule has 0 aliphatic heterocycles. The third kappa shape index (κ3) is 4.46. The van der Waals surface area contributed by atoms with Gasteiger partial charge in [0.15, 0.2) is 0 Å². The summed E-state index contributed by atoms with van der Waals surface area (Å²) in [7, 11) is 0. The van der Waals surface area contributed by atoms with Crippen LogP contribution < -0.4 is 5.32 Å². The molecular weight excluding hydrogens is 346 g/mol. The zero-order chi connectivity index (χ0) is 19.4. The average Bonchev–Trinajstić information content (AvgIpc) is 2.97. The SMILES string of the molecule is CC(C)(CNC(=O)OCC1c2ccccc2-c2ccccc21)OCC(=O)O. The molecule has 0 aromatic heterocycles. The highest BCUT2D eigenvalue weighted by Gasteiger charge is 2.29. The molecule has 0 saturated heterocycles. The highest BCUT2D eigenvalue weighted by molar-refractivity contribution is 5.79. The molecule has 1 aliphatic rings. The molecule has 2 aromatic carbocycles. The number of rotatable bonds is 7. The molecule has 0 bridgehead atoms. The second kappa shape index (κ2) is 7.80. The van der Waals surface area contributed by atoms with E-state index in [9.17, 15) is 9.59 Å². The van der Waals surface area contributed by atoms with Crippen LogP contribution in [0.2, 0.25) is 0 Å². The molecule has 0 radical (unpaired) electrons. The minimum Gasteiger partial charge on any atom is -0.480 e. The van der Waals surface area contributed by atoms with E-state index in [2.05, 4.69) is 29.6 Å².